The highest BCUT2D eigenvalue weighted by Gasteiger charge is 2.39. The van der Waals surface area contributed by atoms with Gasteiger partial charge in [-0.2, -0.15) is 0 Å². The summed E-state index contributed by atoms with van der Waals surface area (Å²) >= 11 is 0. The van der Waals surface area contributed by atoms with Gasteiger partial charge in [-0.1, -0.05) is 37.1 Å². The van der Waals surface area contributed by atoms with Gasteiger partial charge in [0, 0.05) is 38.1 Å². The zero-order valence-corrected chi connectivity index (χ0v) is 20.4. The second kappa shape index (κ2) is 11.6. The molecule has 0 atom stereocenters. The van der Waals surface area contributed by atoms with Crippen LogP contribution in [-0.2, 0) is 19.1 Å². The van der Waals surface area contributed by atoms with E-state index in [-0.39, 0.29) is 23.4 Å². The molecule has 7 nitrogen and oxygen atoms in total. The molecule has 0 bridgehead atoms. The Labute approximate surface area is 201 Å². The number of ether oxygens (including phenoxy) is 1. The molecular weight excluding hydrogens is 430 g/mol. The molecule has 0 radical (unpaired) electrons. The van der Waals surface area contributed by atoms with Gasteiger partial charge < -0.3 is 15.4 Å². The van der Waals surface area contributed by atoms with Gasteiger partial charge in [-0.3, -0.25) is 19.3 Å². The van der Waals surface area contributed by atoms with E-state index in [1.54, 1.807) is 24.3 Å². The first-order chi connectivity index (χ1) is 16.3. The van der Waals surface area contributed by atoms with Crippen LogP contribution in [0, 0.1) is 13.8 Å². The van der Waals surface area contributed by atoms with Gasteiger partial charge in [0.05, 0.1) is 5.57 Å². The molecule has 0 aromatic heterocycles. The lowest BCUT2D eigenvalue weighted by Gasteiger charge is -2.15. The molecule has 0 saturated heterocycles. The fourth-order valence-corrected chi connectivity index (χ4v) is 3.90. The number of hydrogen-bond acceptors (Lipinski definition) is 5. The third kappa shape index (κ3) is 6.11. The van der Waals surface area contributed by atoms with E-state index in [1.165, 1.54) is 11.8 Å². The fourth-order valence-electron chi connectivity index (χ4n) is 3.90. The number of hydrogen-bond donors (Lipinski definition) is 2. The number of unbranched alkanes of at least 4 members (excludes halogenated alkanes) is 1. The van der Waals surface area contributed by atoms with Crippen LogP contribution in [0.15, 0.2) is 48.2 Å². The van der Waals surface area contributed by atoms with Crippen LogP contribution in [0.5, 0.6) is 0 Å². The first-order valence-electron chi connectivity index (χ1n) is 11.7. The van der Waals surface area contributed by atoms with Crippen LogP contribution in [0.2, 0.25) is 0 Å². The van der Waals surface area contributed by atoms with E-state index >= 15 is 0 Å². The van der Waals surface area contributed by atoms with Gasteiger partial charge in [0.1, 0.15) is 5.70 Å². The second-order valence-electron chi connectivity index (χ2n) is 8.53. The minimum absolute atomic E-state index is 0.161. The van der Waals surface area contributed by atoms with Crippen molar-refractivity contribution >= 4 is 34.7 Å². The first kappa shape index (κ1) is 25.2. The Hall–Kier alpha value is -3.45. The highest BCUT2D eigenvalue weighted by molar-refractivity contribution is 6.36. The summed E-state index contributed by atoms with van der Waals surface area (Å²) in [5.74, 6) is -0.811. The fraction of sp³-hybridized carbons (Fsp3) is 0.370. The predicted octanol–water partition coefficient (Wildman–Crippen LogP) is 4.66. The maximum Gasteiger partial charge on any atom is 0.278 e. The summed E-state index contributed by atoms with van der Waals surface area (Å²) < 4.78 is 5.60. The summed E-state index contributed by atoms with van der Waals surface area (Å²) in [6.07, 6.45) is 2.64. The SMILES string of the molecule is CCCCOCCCN1C(=O)C(Nc2ccc(NC(C)=O)cc2)=C(c2ccc(C)cc2C)C1=O. The van der Waals surface area contributed by atoms with Crippen molar-refractivity contribution in [1.29, 1.82) is 0 Å². The van der Waals surface area contributed by atoms with Crippen molar-refractivity contribution in [3.8, 4) is 0 Å². The quantitative estimate of drug-likeness (QED) is 0.374. The number of benzene rings is 2. The number of carbonyl (C=O) groups is 3. The van der Waals surface area contributed by atoms with Gasteiger partial charge in [-0.25, -0.2) is 0 Å². The lowest BCUT2D eigenvalue weighted by atomic mass is 9.97. The molecule has 0 saturated carbocycles. The van der Waals surface area contributed by atoms with Crippen molar-refractivity contribution in [3.63, 3.8) is 0 Å². The number of imide groups is 1. The topological polar surface area (TPSA) is 87.7 Å². The Bertz CT molecular complexity index is 1090. The Morgan fingerprint density at radius 3 is 2.26 bits per heavy atom. The van der Waals surface area contributed by atoms with Gasteiger partial charge in [0.25, 0.3) is 11.8 Å². The highest BCUT2D eigenvalue weighted by Crippen LogP contribution is 2.32. The number of nitrogens with zero attached hydrogens (tertiary/aromatic N) is 1. The molecule has 2 aromatic carbocycles. The summed E-state index contributed by atoms with van der Waals surface area (Å²) in [6.45, 7) is 8.97. The van der Waals surface area contributed by atoms with E-state index in [0.29, 0.717) is 43.1 Å². The minimum atomic E-state index is -0.348. The van der Waals surface area contributed by atoms with E-state index in [4.69, 9.17) is 4.74 Å². The summed E-state index contributed by atoms with van der Waals surface area (Å²) in [5.41, 5.74) is 4.70. The van der Waals surface area contributed by atoms with E-state index in [1.807, 2.05) is 32.0 Å². The van der Waals surface area contributed by atoms with Gasteiger partial charge in [-0.05, 0) is 62.1 Å². The number of rotatable bonds is 11. The van der Waals surface area contributed by atoms with Crippen molar-refractivity contribution in [2.24, 2.45) is 0 Å². The monoisotopic (exact) mass is 463 g/mol. The Kier molecular flexibility index (Phi) is 8.60. The molecule has 2 N–H and O–H groups in total. The van der Waals surface area contributed by atoms with Crippen LogP contribution in [0.25, 0.3) is 5.57 Å². The molecule has 34 heavy (non-hydrogen) atoms. The Balaban J connectivity index is 1.86. The Morgan fingerprint density at radius 1 is 0.941 bits per heavy atom. The number of amides is 3. The van der Waals surface area contributed by atoms with E-state index in [9.17, 15) is 14.4 Å². The number of carbonyl (C=O) groups excluding carboxylic acids is 3. The molecule has 0 spiro atoms. The van der Waals surface area contributed by atoms with Gasteiger partial charge in [0.15, 0.2) is 0 Å². The van der Waals surface area contributed by atoms with Crippen molar-refractivity contribution in [3.05, 3.63) is 64.9 Å². The Morgan fingerprint density at radius 2 is 1.62 bits per heavy atom. The number of nitrogens with one attached hydrogen (secondary N) is 2. The lowest BCUT2D eigenvalue weighted by molar-refractivity contribution is -0.137. The normalized spacial score (nSPS) is 13.6. The van der Waals surface area contributed by atoms with Crippen LogP contribution in [0.4, 0.5) is 11.4 Å². The molecule has 1 aliphatic heterocycles. The molecule has 2 aromatic rings. The lowest BCUT2D eigenvalue weighted by Crippen LogP contribution is -2.34. The van der Waals surface area contributed by atoms with Crippen LogP contribution >= 0.6 is 0 Å². The summed E-state index contributed by atoms with van der Waals surface area (Å²) in [5, 5.41) is 5.88. The average molecular weight is 464 g/mol. The van der Waals surface area contributed by atoms with E-state index < -0.39 is 0 Å². The molecule has 3 rings (SSSR count). The van der Waals surface area contributed by atoms with E-state index in [0.717, 1.165) is 29.5 Å². The number of anilines is 2. The minimum Gasteiger partial charge on any atom is -0.381 e. The maximum atomic E-state index is 13.4. The zero-order valence-electron chi connectivity index (χ0n) is 20.4. The van der Waals surface area contributed by atoms with Crippen LogP contribution in [0.1, 0.15) is 49.8 Å². The molecule has 180 valence electrons. The predicted molar refractivity (Wildman–Crippen MR) is 134 cm³/mol. The molecular formula is C27H33N3O4. The van der Waals surface area contributed by atoms with Crippen LogP contribution in [0.3, 0.4) is 0 Å². The highest BCUT2D eigenvalue weighted by atomic mass is 16.5. The maximum absolute atomic E-state index is 13.4. The molecule has 7 heteroatoms. The van der Waals surface area contributed by atoms with E-state index in [2.05, 4.69) is 17.6 Å². The smallest absolute Gasteiger partial charge is 0.278 e. The van der Waals surface area contributed by atoms with Crippen molar-refractivity contribution in [2.75, 3.05) is 30.4 Å². The van der Waals surface area contributed by atoms with Crippen LogP contribution in [-0.4, -0.2) is 42.4 Å². The molecule has 0 unspecified atom stereocenters. The third-order valence-corrected chi connectivity index (χ3v) is 5.61. The van der Waals surface area contributed by atoms with Gasteiger partial charge in [-0.15, -0.1) is 0 Å². The summed E-state index contributed by atoms with van der Waals surface area (Å²) in [6, 6.07) is 12.9. The largest absolute Gasteiger partial charge is 0.381 e. The first-order valence-corrected chi connectivity index (χ1v) is 11.7. The van der Waals surface area contributed by atoms with Crippen molar-refractivity contribution in [1.82, 2.24) is 4.90 Å². The van der Waals surface area contributed by atoms with Crippen molar-refractivity contribution < 1.29 is 19.1 Å². The molecule has 1 heterocycles. The number of aryl methyl sites for hydroxylation is 2. The molecule has 1 aliphatic rings. The summed E-state index contributed by atoms with van der Waals surface area (Å²) in [7, 11) is 0. The zero-order chi connectivity index (χ0) is 24.7. The third-order valence-electron chi connectivity index (χ3n) is 5.61. The van der Waals surface area contributed by atoms with Gasteiger partial charge >= 0.3 is 0 Å². The average Bonchev–Trinajstić information content (AvgIpc) is 3.01. The second-order valence-corrected chi connectivity index (χ2v) is 8.53. The molecule has 0 aliphatic carbocycles. The summed E-state index contributed by atoms with van der Waals surface area (Å²) in [4.78, 5) is 39.3. The van der Waals surface area contributed by atoms with Crippen LogP contribution < -0.4 is 10.6 Å². The van der Waals surface area contributed by atoms with Gasteiger partial charge in [0.2, 0.25) is 5.91 Å². The standard InChI is InChI=1S/C27H33N3O4/c1-5-6-15-34-16-7-14-30-26(32)24(23-13-8-18(2)17-19(23)3)25(27(30)33)29-22-11-9-21(10-12-22)28-20(4)31/h8-13,17,29H,5-7,14-16H2,1-4H3,(H,28,31). The van der Waals surface area contributed by atoms with Crippen molar-refractivity contribution in [2.45, 2.75) is 47.0 Å². The molecule has 3 amide bonds. The molecule has 0 fully saturated rings.